The van der Waals surface area contributed by atoms with Crippen molar-refractivity contribution < 1.29 is 14.4 Å². The number of carbonyl (C=O) groups excluding carboxylic acids is 3. The van der Waals surface area contributed by atoms with E-state index in [2.05, 4.69) is 5.32 Å². The van der Waals surface area contributed by atoms with E-state index in [9.17, 15) is 14.4 Å². The highest BCUT2D eigenvalue weighted by molar-refractivity contribution is 6.17. The first-order chi connectivity index (χ1) is 15.9. The maximum atomic E-state index is 13.7. The number of benzene rings is 3. The van der Waals surface area contributed by atoms with Crippen molar-refractivity contribution in [1.82, 2.24) is 14.8 Å². The highest BCUT2D eigenvalue weighted by Gasteiger charge is 2.49. The van der Waals surface area contributed by atoms with Crippen LogP contribution in [0.1, 0.15) is 22.8 Å². The summed E-state index contributed by atoms with van der Waals surface area (Å²) in [4.78, 5) is 40.8. The number of amides is 3. The Balaban J connectivity index is 1.56. The van der Waals surface area contributed by atoms with E-state index in [0.717, 1.165) is 27.1 Å². The largest absolute Gasteiger partial charge is 0.343 e. The molecule has 1 aliphatic rings. The first-order valence-corrected chi connectivity index (χ1v) is 10.8. The van der Waals surface area contributed by atoms with E-state index >= 15 is 0 Å². The van der Waals surface area contributed by atoms with Crippen LogP contribution >= 0.6 is 0 Å². The molecule has 33 heavy (non-hydrogen) atoms. The monoisotopic (exact) mass is 437 g/mol. The third-order valence-corrected chi connectivity index (χ3v) is 6.36. The highest BCUT2D eigenvalue weighted by atomic mass is 16.2. The van der Waals surface area contributed by atoms with Gasteiger partial charge in [-0.15, -0.1) is 0 Å². The number of nitrogens with one attached hydrogen (secondary N) is 1. The lowest BCUT2D eigenvalue weighted by molar-refractivity contribution is -0.130. The van der Waals surface area contributed by atoms with Crippen molar-refractivity contribution in [2.45, 2.75) is 12.5 Å². The molecule has 4 aromatic rings. The molecular weight excluding hydrogens is 414 g/mol. The van der Waals surface area contributed by atoms with Crippen molar-refractivity contribution in [3.05, 3.63) is 96.1 Å². The third-order valence-electron chi connectivity index (χ3n) is 6.36. The number of Topliss-reactive ketones (excluding diaryl/α,β-unsaturated/α-hetero) is 1. The summed E-state index contributed by atoms with van der Waals surface area (Å²) in [7, 11) is 1.92. The van der Waals surface area contributed by atoms with Gasteiger partial charge in [-0.1, -0.05) is 78.9 Å². The topological polar surface area (TPSA) is 71.4 Å². The molecule has 1 N–H and O–H groups in total. The molecule has 3 aromatic carbocycles. The second-order valence-electron chi connectivity index (χ2n) is 8.40. The molecule has 1 aromatic heterocycles. The van der Waals surface area contributed by atoms with E-state index in [0.29, 0.717) is 11.1 Å². The molecule has 0 aliphatic carbocycles. The van der Waals surface area contributed by atoms with Crippen molar-refractivity contribution in [3.63, 3.8) is 0 Å². The second kappa shape index (κ2) is 7.74. The van der Waals surface area contributed by atoms with Gasteiger partial charge in [0.1, 0.15) is 5.54 Å². The second-order valence-corrected chi connectivity index (χ2v) is 8.40. The molecule has 6 nitrogen and oxygen atoms in total. The SMILES string of the molecule is Cn1c(-c2ccccc2)c(C(=O)CN2C(=O)N[C@](C)(c3ccccc3)C2=O)c2ccccc21. The van der Waals surface area contributed by atoms with Gasteiger partial charge in [0.2, 0.25) is 0 Å². The maximum absolute atomic E-state index is 13.7. The molecular formula is C27H23N3O3. The van der Waals surface area contributed by atoms with Crippen LogP contribution in [-0.2, 0) is 17.4 Å². The molecule has 0 radical (unpaired) electrons. The Morgan fingerprint density at radius 3 is 2.18 bits per heavy atom. The van der Waals surface area contributed by atoms with Gasteiger partial charge < -0.3 is 9.88 Å². The summed E-state index contributed by atoms with van der Waals surface area (Å²) in [6, 6.07) is 25.8. The Bertz CT molecular complexity index is 1390. The Morgan fingerprint density at radius 2 is 1.48 bits per heavy atom. The van der Waals surface area contributed by atoms with Gasteiger partial charge in [0.25, 0.3) is 5.91 Å². The molecule has 0 unspecified atom stereocenters. The smallest absolute Gasteiger partial charge is 0.325 e. The zero-order valence-electron chi connectivity index (χ0n) is 18.4. The number of hydrogen-bond donors (Lipinski definition) is 1. The van der Waals surface area contributed by atoms with Crippen LogP contribution in [-0.4, -0.2) is 33.7 Å². The van der Waals surface area contributed by atoms with Crippen molar-refractivity contribution in [2.75, 3.05) is 6.54 Å². The summed E-state index contributed by atoms with van der Waals surface area (Å²) in [5.74, 6) is -0.722. The summed E-state index contributed by atoms with van der Waals surface area (Å²) in [5.41, 5.74) is 2.54. The fourth-order valence-electron chi connectivity index (χ4n) is 4.64. The number of nitrogens with zero attached hydrogens (tertiary/aromatic N) is 2. The number of aromatic nitrogens is 1. The molecule has 1 fully saturated rings. The number of aryl methyl sites for hydroxylation is 1. The Hall–Kier alpha value is -4.19. The van der Waals surface area contributed by atoms with E-state index in [1.54, 1.807) is 19.1 Å². The van der Waals surface area contributed by atoms with Crippen molar-refractivity contribution in [2.24, 2.45) is 7.05 Å². The van der Waals surface area contributed by atoms with Gasteiger partial charge in [-0.2, -0.15) is 0 Å². The first kappa shape index (κ1) is 20.7. The van der Waals surface area contributed by atoms with Gasteiger partial charge >= 0.3 is 6.03 Å². The minimum absolute atomic E-state index is 0.286. The molecule has 0 bridgehead atoms. The van der Waals surface area contributed by atoms with Gasteiger partial charge in [-0.3, -0.25) is 14.5 Å². The number of para-hydroxylation sites is 1. The van der Waals surface area contributed by atoms with Crippen LogP contribution in [0.25, 0.3) is 22.2 Å². The van der Waals surface area contributed by atoms with E-state index < -0.39 is 17.5 Å². The Morgan fingerprint density at radius 1 is 0.879 bits per heavy atom. The molecule has 0 spiro atoms. The maximum Gasteiger partial charge on any atom is 0.325 e. The fraction of sp³-hybridized carbons (Fsp3) is 0.148. The summed E-state index contributed by atoms with van der Waals surface area (Å²) in [5, 5.41) is 3.57. The number of urea groups is 1. The van der Waals surface area contributed by atoms with Crippen LogP contribution < -0.4 is 5.32 Å². The van der Waals surface area contributed by atoms with Gasteiger partial charge in [-0.25, -0.2) is 4.79 Å². The fourth-order valence-corrected chi connectivity index (χ4v) is 4.64. The molecule has 0 saturated carbocycles. The van der Waals surface area contributed by atoms with Crippen LogP contribution in [0.4, 0.5) is 4.79 Å². The van der Waals surface area contributed by atoms with Crippen LogP contribution in [0.3, 0.4) is 0 Å². The summed E-state index contributed by atoms with van der Waals surface area (Å²) in [6.07, 6.45) is 0. The standard InChI is InChI=1S/C27H23N3O3/c1-27(19-13-7-4-8-14-19)25(32)30(26(33)28-27)17-22(31)23-20-15-9-10-16-21(20)29(2)24(23)18-11-5-3-6-12-18/h3-16H,17H2,1-2H3,(H,28,33)/t27-/m1/s1. The number of fused-ring (bicyclic) bond motifs is 1. The predicted octanol–water partition coefficient (Wildman–Crippen LogP) is 4.50. The van der Waals surface area contributed by atoms with Crippen molar-refractivity contribution in [1.29, 1.82) is 0 Å². The van der Waals surface area contributed by atoms with Crippen LogP contribution in [0.2, 0.25) is 0 Å². The molecule has 5 rings (SSSR count). The zero-order chi connectivity index (χ0) is 23.2. The lowest BCUT2D eigenvalue weighted by Crippen LogP contribution is -2.41. The molecule has 3 amide bonds. The Kier molecular flexibility index (Phi) is 4.86. The normalized spacial score (nSPS) is 18.1. The summed E-state index contributed by atoms with van der Waals surface area (Å²) >= 11 is 0. The third kappa shape index (κ3) is 3.22. The van der Waals surface area contributed by atoms with E-state index in [1.807, 2.05) is 84.4 Å². The van der Waals surface area contributed by atoms with E-state index in [-0.39, 0.29) is 12.3 Å². The van der Waals surface area contributed by atoms with Gasteiger partial charge in [-0.05, 0) is 24.1 Å². The number of carbonyl (C=O) groups is 3. The van der Waals surface area contributed by atoms with E-state index in [4.69, 9.17) is 0 Å². The molecule has 1 aliphatic heterocycles. The van der Waals surface area contributed by atoms with Crippen LogP contribution in [0.5, 0.6) is 0 Å². The van der Waals surface area contributed by atoms with Crippen LogP contribution in [0.15, 0.2) is 84.9 Å². The van der Waals surface area contributed by atoms with Crippen molar-refractivity contribution in [3.8, 4) is 11.3 Å². The zero-order valence-corrected chi connectivity index (χ0v) is 18.4. The summed E-state index contributed by atoms with van der Waals surface area (Å²) < 4.78 is 1.98. The number of hydrogen-bond acceptors (Lipinski definition) is 3. The van der Waals surface area contributed by atoms with Crippen molar-refractivity contribution >= 4 is 28.6 Å². The van der Waals surface area contributed by atoms with E-state index in [1.165, 1.54) is 0 Å². The minimum Gasteiger partial charge on any atom is -0.343 e. The highest BCUT2D eigenvalue weighted by Crippen LogP contribution is 2.34. The van der Waals surface area contributed by atoms with Gasteiger partial charge in [0.15, 0.2) is 5.78 Å². The Labute approximate surface area is 191 Å². The average molecular weight is 437 g/mol. The average Bonchev–Trinajstić information content (AvgIpc) is 3.26. The molecule has 1 saturated heterocycles. The quantitative estimate of drug-likeness (QED) is 0.369. The first-order valence-electron chi connectivity index (χ1n) is 10.8. The predicted molar refractivity (Wildman–Crippen MR) is 127 cm³/mol. The molecule has 6 heteroatoms. The molecule has 1 atom stereocenters. The molecule has 2 heterocycles. The number of ketones is 1. The molecule has 164 valence electrons. The summed E-state index contributed by atoms with van der Waals surface area (Å²) in [6.45, 7) is 1.33. The van der Waals surface area contributed by atoms with Crippen LogP contribution in [0, 0.1) is 0 Å². The lowest BCUT2D eigenvalue weighted by atomic mass is 9.92. The van der Waals surface area contributed by atoms with Gasteiger partial charge in [0.05, 0.1) is 17.8 Å². The number of imide groups is 1. The number of rotatable bonds is 5. The van der Waals surface area contributed by atoms with Gasteiger partial charge in [0, 0.05) is 18.0 Å². The lowest BCUT2D eigenvalue weighted by Gasteiger charge is -2.22. The minimum atomic E-state index is -1.21.